The number of hydrogen-bond acceptors (Lipinski definition) is 1. The minimum absolute atomic E-state index is 0. The molecule has 1 unspecified atom stereocenters. The summed E-state index contributed by atoms with van der Waals surface area (Å²) in [5.41, 5.74) is 6.50. The SMILES string of the molecule is Br.CC(N)c1ccc(F)cc1. The molecule has 0 saturated heterocycles. The highest BCUT2D eigenvalue weighted by Gasteiger charge is 1.96. The van der Waals surface area contributed by atoms with Gasteiger partial charge >= 0.3 is 0 Å². The number of hydrogen-bond donors (Lipinski definition) is 1. The summed E-state index contributed by atoms with van der Waals surface area (Å²) in [5, 5.41) is 0. The maximum Gasteiger partial charge on any atom is 0.123 e. The van der Waals surface area contributed by atoms with Crippen LogP contribution in [0, 0.1) is 5.82 Å². The van der Waals surface area contributed by atoms with E-state index >= 15 is 0 Å². The Morgan fingerprint density at radius 1 is 1.27 bits per heavy atom. The van der Waals surface area contributed by atoms with Gasteiger partial charge in [0.25, 0.3) is 0 Å². The molecule has 0 aliphatic heterocycles. The van der Waals surface area contributed by atoms with E-state index < -0.39 is 0 Å². The second-order valence-electron chi connectivity index (χ2n) is 2.34. The van der Waals surface area contributed by atoms with Crippen molar-refractivity contribution in [3.05, 3.63) is 35.6 Å². The number of nitrogens with two attached hydrogens (primary N) is 1. The molecule has 0 aromatic heterocycles. The third-order valence-corrected chi connectivity index (χ3v) is 1.40. The van der Waals surface area contributed by atoms with Gasteiger partial charge in [-0.2, -0.15) is 0 Å². The summed E-state index contributed by atoms with van der Waals surface area (Å²) in [5.74, 6) is -0.218. The van der Waals surface area contributed by atoms with E-state index in [9.17, 15) is 4.39 Å². The van der Waals surface area contributed by atoms with Crippen molar-refractivity contribution in [3.63, 3.8) is 0 Å². The molecule has 1 aromatic carbocycles. The number of rotatable bonds is 1. The van der Waals surface area contributed by atoms with Crippen LogP contribution in [0.25, 0.3) is 0 Å². The Balaban J connectivity index is 0.000001000. The lowest BCUT2D eigenvalue weighted by Crippen LogP contribution is -2.04. The highest BCUT2D eigenvalue weighted by atomic mass is 79.9. The first-order valence-corrected chi connectivity index (χ1v) is 3.21. The molecule has 1 aromatic rings. The van der Waals surface area contributed by atoms with Crippen LogP contribution in [0.1, 0.15) is 18.5 Å². The molecule has 1 atom stereocenters. The summed E-state index contributed by atoms with van der Waals surface area (Å²) in [6.45, 7) is 1.87. The summed E-state index contributed by atoms with van der Waals surface area (Å²) >= 11 is 0. The standard InChI is InChI=1S/C8H10FN.BrH/c1-6(10)7-2-4-8(9)5-3-7;/h2-6H,10H2,1H3;1H. The minimum atomic E-state index is -0.218. The molecule has 3 heteroatoms. The van der Waals surface area contributed by atoms with Crippen LogP contribution in [-0.2, 0) is 0 Å². The van der Waals surface area contributed by atoms with Crippen LogP contribution in [-0.4, -0.2) is 0 Å². The van der Waals surface area contributed by atoms with E-state index in [4.69, 9.17) is 5.73 Å². The normalized spacial score (nSPS) is 11.9. The predicted octanol–water partition coefficient (Wildman–Crippen LogP) is 2.42. The first-order chi connectivity index (χ1) is 4.70. The van der Waals surface area contributed by atoms with E-state index in [0.29, 0.717) is 0 Å². The summed E-state index contributed by atoms with van der Waals surface area (Å²) < 4.78 is 12.3. The molecular formula is C8H11BrFN. The van der Waals surface area contributed by atoms with Gasteiger partial charge in [-0.25, -0.2) is 4.39 Å². The second-order valence-corrected chi connectivity index (χ2v) is 2.34. The lowest BCUT2D eigenvalue weighted by molar-refractivity contribution is 0.626. The van der Waals surface area contributed by atoms with Crippen molar-refractivity contribution >= 4 is 17.0 Å². The van der Waals surface area contributed by atoms with Crippen LogP contribution in [0.5, 0.6) is 0 Å². The molecule has 1 rings (SSSR count). The van der Waals surface area contributed by atoms with Gasteiger partial charge in [0.05, 0.1) is 0 Å². The number of benzene rings is 1. The molecule has 0 saturated carbocycles. The summed E-state index contributed by atoms with van der Waals surface area (Å²) in [6, 6.07) is 6.21. The third kappa shape index (κ3) is 2.99. The molecule has 62 valence electrons. The van der Waals surface area contributed by atoms with Gasteiger partial charge in [0, 0.05) is 6.04 Å². The first-order valence-electron chi connectivity index (χ1n) is 3.21. The van der Waals surface area contributed by atoms with Crippen LogP contribution in [0.15, 0.2) is 24.3 Å². The molecule has 0 heterocycles. The summed E-state index contributed by atoms with van der Waals surface area (Å²) in [4.78, 5) is 0. The van der Waals surface area contributed by atoms with E-state index in [0.717, 1.165) is 5.56 Å². The molecule has 0 aliphatic carbocycles. The second kappa shape index (κ2) is 4.46. The monoisotopic (exact) mass is 219 g/mol. The summed E-state index contributed by atoms with van der Waals surface area (Å²) in [7, 11) is 0. The zero-order valence-electron chi connectivity index (χ0n) is 6.25. The van der Waals surface area contributed by atoms with Crippen LogP contribution in [0.4, 0.5) is 4.39 Å². The topological polar surface area (TPSA) is 26.0 Å². The molecule has 0 bridgehead atoms. The highest BCUT2D eigenvalue weighted by molar-refractivity contribution is 8.93. The predicted molar refractivity (Wildman–Crippen MR) is 49.3 cm³/mol. The first kappa shape index (κ1) is 10.6. The lowest BCUT2D eigenvalue weighted by atomic mass is 10.1. The van der Waals surface area contributed by atoms with Crippen molar-refractivity contribution in [2.24, 2.45) is 5.73 Å². The molecule has 0 radical (unpaired) electrons. The Hall–Kier alpha value is -0.410. The molecule has 1 nitrogen and oxygen atoms in total. The van der Waals surface area contributed by atoms with Crippen LogP contribution < -0.4 is 5.73 Å². The van der Waals surface area contributed by atoms with E-state index in [1.165, 1.54) is 12.1 Å². The molecule has 0 fully saturated rings. The summed E-state index contributed by atoms with van der Waals surface area (Å²) in [6.07, 6.45) is 0. The maximum absolute atomic E-state index is 12.3. The quantitative estimate of drug-likeness (QED) is 0.772. The third-order valence-electron chi connectivity index (χ3n) is 1.40. The molecule has 0 aliphatic rings. The average Bonchev–Trinajstić information content (AvgIpc) is 1.88. The molecule has 0 amide bonds. The smallest absolute Gasteiger partial charge is 0.123 e. The largest absolute Gasteiger partial charge is 0.324 e. The average molecular weight is 220 g/mol. The van der Waals surface area contributed by atoms with Gasteiger partial charge in [0.1, 0.15) is 5.82 Å². The fourth-order valence-electron chi connectivity index (χ4n) is 0.766. The van der Waals surface area contributed by atoms with Gasteiger partial charge in [0.2, 0.25) is 0 Å². The van der Waals surface area contributed by atoms with Crippen molar-refractivity contribution in [1.82, 2.24) is 0 Å². The van der Waals surface area contributed by atoms with Gasteiger partial charge in [-0.15, -0.1) is 17.0 Å². The van der Waals surface area contributed by atoms with E-state index in [1.54, 1.807) is 12.1 Å². The Labute approximate surface area is 76.2 Å². The Morgan fingerprint density at radius 2 is 1.73 bits per heavy atom. The van der Waals surface area contributed by atoms with Gasteiger partial charge in [-0.1, -0.05) is 12.1 Å². The van der Waals surface area contributed by atoms with Crippen LogP contribution in [0.2, 0.25) is 0 Å². The Kier molecular flexibility index (Phi) is 4.30. The van der Waals surface area contributed by atoms with E-state index in [2.05, 4.69) is 0 Å². The number of halogens is 2. The van der Waals surface area contributed by atoms with Crippen molar-refractivity contribution in [1.29, 1.82) is 0 Å². The van der Waals surface area contributed by atoms with Gasteiger partial charge in [-0.3, -0.25) is 0 Å². The van der Waals surface area contributed by atoms with E-state index in [1.807, 2.05) is 6.92 Å². The lowest BCUT2D eigenvalue weighted by Gasteiger charge is -2.02. The zero-order chi connectivity index (χ0) is 7.56. The maximum atomic E-state index is 12.3. The Bertz CT molecular complexity index is 208. The van der Waals surface area contributed by atoms with Crippen LogP contribution in [0.3, 0.4) is 0 Å². The molecular weight excluding hydrogens is 209 g/mol. The van der Waals surface area contributed by atoms with E-state index in [-0.39, 0.29) is 28.8 Å². The van der Waals surface area contributed by atoms with Crippen molar-refractivity contribution in [3.8, 4) is 0 Å². The Morgan fingerprint density at radius 3 is 2.09 bits per heavy atom. The van der Waals surface area contributed by atoms with Gasteiger partial charge < -0.3 is 5.73 Å². The van der Waals surface area contributed by atoms with Crippen molar-refractivity contribution in [2.75, 3.05) is 0 Å². The molecule has 2 N–H and O–H groups in total. The zero-order valence-corrected chi connectivity index (χ0v) is 7.96. The van der Waals surface area contributed by atoms with Gasteiger partial charge in [-0.05, 0) is 24.6 Å². The molecule has 11 heavy (non-hydrogen) atoms. The van der Waals surface area contributed by atoms with Gasteiger partial charge in [0.15, 0.2) is 0 Å². The highest BCUT2D eigenvalue weighted by Crippen LogP contribution is 2.09. The van der Waals surface area contributed by atoms with Crippen molar-refractivity contribution in [2.45, 2.75) is 13.0 Å². The van der Waals surface area contributed by atoms with Crippen LogP contribution >= 0.6 is 17.0 Å². The minimum Gasteiger partial charge on any atom is -0.324 e. The van der Waals surface area contributed by atoms with Crippen molar-refractivity contribution < 1.29 is 4.39 Å². The molecule has 0 spiro atoms. The fourth-order valence-corrected chi connectivity index (χ4v) is 0.766. The fraction of sp³-hybridized carbons (Fsp3) is 0.250.